The predicted molar refractivity (Wildman–Crippen MR) is 112 cm³/mol. The van der Waals surface area contributed by atoms with E-state index in [2.05, 4.69) is 0 Å². The Morgan fingerprint density at radius 3 is 2.27 bits per heavy atom. The molecule has 0 aromatic heterocycles. The van der Waals surface area contributed by atoms with Crippen LogP contribution < -0.4 is 4.74 Å². The van der Waals surface area contributed by atoms with Crippen molar-refractivity contribution in [2.45, 2.75) is 24.3 Å². The highest BCUT2D eigenvalue weighted by Crippen LogP contribution is 2.25. The summed E-state index contributed by atoms with van der Waals surface area (Å²) in [6.45, 7) is 1.09. The van der Waals surface area contributed by atoms with Gasteiger partial charge in [0.2, 0.25) is 15.9 Å². The zero-order valence-electron chi connectivity index (χ0n) is 17.1. The van der Waals surface area contributed by atoms with Crippen molar-refractivity contribution in [3.05, 3.63) is 59.7 Å². The third-order valence-corrected chi connectivity index (χ3v) is 7.29. The lowest BCUT2D eigenvalue weighted by atomic mass is 9.96. The summed E-state index contributed by atoms with van der Waals surface area (Å²) >= 11 is 0. The average molecular weight is 428 g/mol. The van der Waals surface area contributed by atoms with E-state index in [1.807, 2.05) is 30.3 Å². The van der Waals surface area contributed by atoms with Gasteiger partial charge in [0.05, 0.1) is 23.6 Å². The van der Waals surface area contributed by atoms with Crippen molar-refractivity contribution in [2.24, 2.45) is 5.92 Å². The Balaban J connectivity index is 1.58. The SMILES string of the molecule is COc1ccc(CN(C)C(=O)C2CCN(S(=O)(=O)c3ccc(C#N)cc3)CC2)cc1. The number of benzene rings is 2. The fourth-order valence-corrected chi connectivity index (χ4v) is 5.06. The number of methoxy groups -OCH3 is 1. The van der Waals surface area contributed by atoms with Gasteiger partial charge in [-0.3, -0.25) is 4.79 Å². The van der Waals surface area contributed by atoms with E-state index in [0.29, 0.717) is 38.0 Å². The summed E-state index contributed by atoms with van der Waals surface area (Å²) in [7, 11) is -0.244. The van der Waals surface area contributed by atoms with Crippen molar-refractivity contribution in [3.63, 3.8) is 0 Å². The van der Waals surface area contributed by atoms with Crippen LogP contribution in [0.2, 0.25) is 0 Å². The van der Waals surface area contributed by atoms with E-state index in [0.717, 1.165) is 11.3 Å². The lowest BCUT2D eigenvalue weighted by Gasteiger charge is -2.32. The molecule has 2 aromatic carbocycles. The molecule has 1 saturated heterocycles. The number of ether oxygens (including phenoxy) is 1. The maximum absolute atomic E-state index is 12.8. The van der Waals surface area contributed by atoms with Crippen LogP contribution in [0, 0.1) is 17.2 Å². The van der Waals surface area contributed by atoms with Crippen LogP contribution in [-0.4, -0.2) is 50.8 Å². The number of sulfonamides is 1. The van der Waals surface area contributed by atoms with E-state index in [1.165, 1.54) is 28.6 Å². The van der Waals surface area contributed by atoms with Gasteiger partial charge in [0.25, 0.3) is 0 Å². The lowest BCUT2D eigenvalue weighted by molar-refractivity contribution is -0.135. The van der Waals surface area contributed by atoms with Gasteiger partial charge in [-0.05, 0) is 54.8 Å². The second-order valence-electron chi connectivity index (χ2n) is 7.36. The van der Waals surface area contributed by atoms with Crippen molar-refractivity contribution in [2.75, 3.05) is 27.2 Å². The monoisotopic (exact) mass is 427 g/mol. The number of hydrogen-bond donors (Lipinski definition) is 0. The van der Waals surface area contributed by atoms with Crippen molar-refractivity contribution < 1.29 is 17.9 Å². The number of nitriles is 1. The summed E-state index contributed by atoms with van der Waals surface area (Å²) in [6.07, 6.45) is 0.975. The molecule has 3 rings (SSSR count). The highest BCUT2D eigenvalue weighted by atomic mass is 32.2. The van der Waals surface area contributed by atoms with Gasteiger partial charge in [-0.2, -0.15) is 9.57 Å². The predicted octanol–water partition coefficient (Wildman–Crippen LogP) is 2.63. The molecule has 0 spiro atoms. The first-order valence-electron chi connectivity index (χ1n) is 9.73. The quantitative estimate of drug-likeness (QED) is 0.707. The summed E-state index contributed by atoms with van der Waals surface area (Å²) in [5.74, 6) is 0.602. The minimum atomic E-state index is -3.62. The van der Waals surface area contributed by atoms with Gasteiger partial charge in [0, 0.05) is 32.6 Å². The molecule has 1 fully saturated rings. The van der Waals surface area contributed by atoms with E-state index in [4.69, 9.17) is 10.00 Å². The molecule has 0 bridgehead atoms. The molecule has 1 amide bonds. The third-order valence-electron chi connectivity index (χ3n) is 5.38. The molecular formula is C22H25N3O4S. The molecule has 1 heterocycles. The van der Waals surface area contributed by atoms with Gasteiger partial charge in [-0.15, -0.1) is 0 Å². The Bertz CT molecular complexity index is 1020. The van der Waals surface area contributed by atoms with Crippen LogP contribution in [-0.2, 0) is 21.4 Å². The summed E-state index contributed by atoms with van der Waals surface area (Å²) in [4.78, 5) is 14.7. The van der Waals surface area contributed by atoms with Crippen LogP contribution in [0.1, 0.15) is 24.0 Å². The fourth-order valence-electron chi connectivity index (χ4n) is 3.59. The highest BCUT2D eigenvalue weighted by molar-refractivity contribution is 7.89. The molecule has 7 nitrogen and oxygen atoms in total. The summed E-state index contributed by atoms with van der Waals surface area (Å²) in [5.41, 5.74) is 1.42. The fraction of sp³-hybridized carbons (Fsp3) is 0.364. The zero-order chi connectivity index (χ0) is 21.7. The van der Waals surface area contributed by atoms with Crippen LogP contribution in [0.4, 0.5) is 0 Å². The van der Waals surface area contributed by atoms with Gasteiger partial charge in [-0.1, -0.05) is 12.1 Å². The molecule has 0 saturated carbocycles. The van der Waals surface area contributed by atoms with E-state index in [9.17, 15) is 13.2 Å². The first-order valence-corrected chi connectivity index (χ1v) is 11.2. The van der Waals surface area contributed by atoms with Gasteiger partial charge in [0.15, 0.2) is 0 Å². The van der Waals surface area contributed by atoms with Crippen LogP contribution in [0.15, 0.2) is 53.4 Å². The number of hydrogen-bond acceptors (Lipinski definition) is 5. The Hall–Kier alpha value is -2.89. The molecule has 30 heavy (non-hydrogen) atoms. The number of carbonyl (C=O) groups excluding carboxylic acids is 1. The number of carbonyl (C=O) groups is 1. The van der Waals surface area contributed by atoms with Crippen LogP contribution in [0.25, 0.3) is 0 Å². The second-order valence-corrected chi connectivity index (χ2v) is 9.29. The van der Waals surface area contributed by atoms with E-state index in [1.54, 1.807) is 19.1 Å². The Morgan fingerprint density at radius 1 is 1.13 bits per heavy atom. The molecule has 1 aliphatic rings. The molecular weight excluding hydrogens is 402 g/mol. The molecule has 158 valence electrons. The maximum Gasteiger partial charge on any atom is 0.243 e. The first kappa shape index (κ1) is 21.8. The third kappa shape index (κ3) is 4.81. The lowest BCUT2D eigenvalue weighted by Crippen LogP contribution is -2.43. The van der Waals surface area contributed by atoms with Crippen LogP contribution in [0.5, 0.6) is 5.75 Å². The summed E-state index contributed by atoms with van der Waals surface area (Å²) in [5, 5.41) is 8.87. The Kier molecular flexibility index (Phi) is 6.75. The van der Waals surface area contributed by atoms with Gasteiger partial charge < -0.3 is 9.64 Å². The van der Waals surface area contributed by atoms with Gasteiger partial charge in [0.1, 0.15) is 5.75 Å². The van der Waals surface area contributed by atoms with Crippen LogP contribution >= 0.6 is 0 Å². The molecule has 0 aliphatic carbocycles. The molecule has 0 N–H and O–H groups in total. The molecule has 8 heteroatoms. The van der Waals surface area contributed by atoms with Gasteiger partial charge >= 0.3 is 0 Å². The summed E-state index contributed by atoms with van der Waals surface area (Å²) in [6, 6.07) is 15.5. The molecule has 0 radical (unpaired) electrons. The van der Waals surface area contributed by atoms with Gasteiger partial charge in [-0.25, -0.2) is 8.42 Å². The largest absolute Gasteiger partial charge is 0.497 e. The topological polar surface area (TPSA) is 90.7 Å². The molecule has 2 aromatic rings. The minimum Gasteiger partial charge on any atom is -0.497 e. The van der Waals surface area contributed by atoms with Crippen molar-refractivity contribution in [3.8, 4) is 11.8 Å². The second kappa shape index (κ2) is 9.28. The minimum absolute atomic E-state index is 0.0289. The van der Waals surface area contributed by atoms with E-state index in [-0.39, 0.29) is 16.7 Å². The zero-order valence-corrected chi connectivity index (χ0v) is 17.9. The van der Waals surface area contributed by atoms with Crippen molar-refractivity contribution >= 4 is 15.9 Å². The Labute approximate surface area is 177 Å². The highest BCUT2D eigenvalue weighted by Gasteiger charge is 2.33. The van der Waals surface area contributed by atoms with Crippen molar-refractivity contribution in [1.82, 2.24) is 9.21 Å². The summed E-state index contributed by atoms with van der Waals surface area (Å²) < 4.78 is 32.2. The van der Waals surface area contributed by atoms with E-state index < -0.39 is 10.0 Å². The normalized spacial score (nSPS) is 15.4. The smallest absolute Gasteiger partial charge is 0.243 e. The standard InChI is InChI=1S/C22H25N3O4S/c1-24(16-18-3-7-20(29-2)8-4-18)22(26)19-11-13-25(14-12-19)30(27,28)21-9-5-17(15-23)6-10-21/h3-10,19H,11-14,16H2,1-2H3. The van der Waals surface area contributed by atoms with E-state index >= 15 is 0 Å². The number of rotatable bonds is 6. The maximum atomic E-state index is 12.8. The number of nitrogens with zero attached hydrogens (tertiary/aromatic N) is 3. The Morgan fingerprint density at radius 2 is 1.73 bits per heavy atom. The molecule has 1 aliphatic heterocycles. The average Bonchev–Trinajstić information content (AvgIpc) is 2.79. The van der Waals surface area contributed by atoms with Crippen molar-refractivity contribution in [1.29, 1.82) is 5.26 Å². The van der Waals surface area contributed by atoms with Crippen LogP contribution in [0.3, 0.4) is 0 Å². The molecule has 0 atom stereocenters. The number of piperidine rings is 1. The first-order chi connectivity index (χ1) is 14.3. The number of amides is 1. The molecule has 0 unspecified atom stereocenters.